The maximum atomic E-state index is 12.8. The van der Waals surface area contributed by atoms with E-state index in [0.29, 0.717) is 54.8 Å². The number of anilines is 1. The van der Waals surface area contributed by atoms with Crippen LogP contribution in [0.4, 0.5) is 5.69 Å². The Morgan fingerprint density at radius 2 is 1.81 bits per heavy atom. The summed E-state index contributed by atoms with van der Waals surface area (Å²) in [5.41, 5.74) is 11.0. The number of aliphatic imine (C=N–C) groups is 1. The SMILES string of the molecule is CC/C(C(=NC)Oc1cccc(C(=O)Nc2cccc([SH2+])c2)c1)=C(/N)c1ccccc1COCCOC. The van der Waals surface area contributed by atoms with Gasteiger partial charge in [-0.2, -0.15) is 0 Å². The number of nitrogens with one attached hydrogen (secondary N) is 1. The molecule has 0 bridgehead atoms. The van der Waals surface area contributed by atoms with Gasteiger partial charge in [0, 0.05) is 48.3 Å². The van der Waals surface area contributed by atoms with Gasteiger partial charge in [-0.3, -0.25) is 9.79 Å². The van der Waals surface area contributed by atoms with Crippen LogP contribution in [0.15, 0.2) is 88.3 Å². The number of nitrogens with zero attached hydrogens (tertiary/aromatic N) is 1. The van der Waals surface area contributed by atoms with Crippen LogP contribution in [0.25, 0.3) is 5.70 Å². The molecule has 0 aliphatic rings. The number of ether oxygens (including phenoxy) is 3. The van der Waals surface area contributed by atoms with Gasteiger partial charge in [0.2, 0.25) is 5.90 Å². The molecule has 0 spiro atoms. The minimum atomic E-state index is -0.245. The van der Waals surface area contributed by atoms with Crippen LogP contribution in [-0.2, 0) is 28.7 Å². The van der Waals surface area contributed by atoms with Crippen molar-refractivity contribution in [3.8, 4) is 5.75 Å². The van der Waals surface area contributed by atoms with Crippen LogP contribution in [0.5, 0.6) is 5.75 Å². The van der Waals surface area contributed by atoms with Gasteiger partial charge in [-0.25, -0.2) is 0 Å². The van der Waals surface area contributed by atoms with Gasteiger partial charge in [0.1, 0.15) is 5.75 Å². The third kappa shape index (κ3) is 7.95. The molecule has 1 amide bonds. The molecule has 3 aromatic carbocycles. The molecule has 3 N–H and O–H groups in total. The Bertz CT molecular complexity index is 1270. The molecule has 0 atom stereocenters. The van der Waals surface area contributed by atoms with Crippen molar-refractivity contribution in [2.45, 2.75) is 24.8 Å². The second kappa shape index (κ2) is 14.2. The van der Waals surface area contributed by atoms with Crippen molar-refractivity contribution in [1.29, 1.82) is 0 Å². The first-order valence-corrected chi connectivity index (χ1v) is 12.5. The Hall–Kier alpha value is -3.59. The first-order chi connectivity index (χ1) is 18.0. The molecule has 0 aliphatic carbocycles. The van der Waals surface area contributed by atoms with Gasteiger partial charge in [0.25, 0.3) is 5.91 Å². The molecule has 3 aromatic rings. The van der Waals surface area contributed by atoms with E-state index in [9.17, 15) is 4.79 Å². The maximum Gasteiger partial charge on any atom is 0.255 e. The fourth-order valence-electron chi connectivity index (χ4n) is 3.71. The van der Waals surface area contributed by atoms with Crippen molar-refractivity contribution in [3.05, 3.63) is 95.1 Å². The summed E-state index contributed by atoms with van der Waals surface area (Å²) in [6.45, 7) is 3.42. The number of amides is 1. The summed E-state index contributed by atoms with van der Waals surface area (Å²) in [6.07, 6.45) is 0.597. The fraction of sp³-hybridized carbons (Fsp3) is 0.241. The maximum absolute atomic E-state index is 12.8. The molecular weight excluding hydrogens is 486 g/mol. The van der Waals surface area contributed by atoms with Crippen LogP contribution in [0.3, 0.4) is 0 Å². The van der Waals surface area contributed by atoms with Crippen LogP contribution < -0.4 is 15.8 Å². The van der Waals surface area contributed by atoms with Crippen molar-refractivity contribution < 1.29 is 19.0 Å². The average Bonchev–Trinajstić information content (AvgIpc) is 2.91. The zero-order chi connectivity index (χ0) is 26.6. The van der Waals surface area contributed by atoms with Crippen molar-refractivity contribution in [2.75, 3.05) is 32.7 Å². The molecule has 3 rings (SSSR count). The smallest absolute Gasteiger partial charge is 0.255 e. The minimum absolute atomic E-state index is 0.245. The second-order valence-corrected chi connectivity index (χ2v) is 8.72. The molecule has 0 saturated heterocycles. The Morgan fingerprint density at radius 3 is 2.54 bits per heavy atom. The third-order valence-corrected chi connectivity index (χ3v) is 5.88. The first kappa shape index (κ1) is 28.0. The Balaban J connectivity index is 1.82. The molecule has 0 saturated carbocycles. The van der Waals surface area contributed by atoms with Gasteiger partial charge in [0.05, 0.1) is 19.8 Å². The molecule has 194 valence electrons. The summed E-state index contributed by atoms with van der Waals surface area (Å²) in [7, 11) is 3.29. The van der Waals surface area contributed by atoms with Crippen molar-refractivity contribution in [3.63, 3.8) is 0 Å². The topological polar surface area (TPSA) is 95.2 Å². The van der Waals surface area contributed by atoms with Crippen molar-refractivity contribution in [1.82, 2.24) is 0 Å². The number of carbonyl (C=O) groups is 1. The fourth-order valence-corrected chi connectivity index (χ4v) is 3.96. The minimum Gasteiger partial charge on any atom is -0.439 e. The number of benzene rings is 3. The highest BCUT2D eigenvalue weighted by Crippen LogP contribution is 2.24. The highest BCUT2D eigenvalue weighted by molar-refractivity contribution is 7.58. The Labute approximate surface area is 223 Å². The van der Waals surface area contributed by atoms with E-state index in [1.807, 2.05) is 55.5 Å². The molecule has 0 heterocycles. The lowest BCUT2D eigenvalue weighted by Gasteiger charge is -2.17. The van der Waals surface area contributed by atoms with Crippen molar-refractivity contribution >= 4 is 35.8 Å². The summed E-state index contributed by atoms with van der Waals surface area (Å²) in [4.78, 5) is 18.1. The lowest BCUT2D eigenvalue weighted by Crippen LogP contribution is -2.18. The normalized spacial score (nSPS) is 12.2. The molecule has 8 heteroatoms. The molecular formula is C29H34N3O4S+. The highest BCUT2D eigenvalue weighted by atomic mass is 32.1. The van der Waals surface area contributed by atoms with Crippen LogP contribution in [0, 0.1) is 0 Å². The van der Waals surface area contributed by atoms with E-state index in [2.05, 4.69) is 22.9 Å². The predicted molar refractivity (Wildman–Crippen MR) is 153 cm³/mol. The first-order valence-electron chi connectivity index (χ1n) is 12.0. The van der Waals surface area contributed by atoms with Crippen LogP contribution in [-0.4, -0.2) is 39.2 Å². The predicted octanol–water partition coefficient (Wildman–Crippen LogP) is 4.66. The molecule has 0 aromatic heterocycles. The zero-order valence-electron chi connectivity index (χ0n) is 21.4. The van der Waals surface area contributed by atoms with Crippen LogP contribution >= 0.6 is 0 Å². The summed E-state index contributed by atoms with van der Waals surface area (Å²) >= 11 is 3.47. The lowest BCUT2D eigenvalue weighted by atomic mass is 10.00. The molecule has 0 unspecified atom stereocenters. The Kier molecular flexibility index (Phi) is 10.8. The molecule has 37 heavy (non-hydrogen) atoms. The van der Waals surface area contributed by atoms with Crippen molar-refractivity contribution in [2.24, 2.45) is 10.7 Å². The van der Waals surface area contributed by atoms with Gasteiger partial charge < -0.3 is 25.3 Å². The van der Waals surface area contributed by atoms with Crippen LogP contribution in [0.1, 0.15) is 34.8 Å². The summed E-state index contributed by atoms with van der Waals surface area (Å²) < 4.78 is 16.9. The number of nitrogens with two attached hydrogens (primary N) is 1. The molecule has 0 radical (unpaired) electrons. The van der Waals surface area contributed by atoms with E-state index in [1.165, 1.54) is 0 Å². The van der Waals surface area contributed by atoms with E-state index in [-0.39, 0.29) is 5.91 Å². The number of methoxy groups -OCH3 is 1. The highest BCUT2D eigenvalue weighted by Gasteiger charge is 2.17. The lowest BCUT2D eigenvalue weighted by molar-refractivity contribution is 0.0616. The number of hydrogen-bond donors (Lipinski definition) is 2. The van der Waals surface area contributed by atoms with E-state index in [1.54, 1.807) is 38.4 Å². The largest absolute Gasteiger partial charge is 0.439 e. The quantitative estimate of drug-likeness (QED) is 0.166. The van der Waals surface area contributed by atoms with Gasteiger partial charge >= 0.3 is 0 Å². The summed E-state index contributed by atoms with van der Waals surface area (Å²) in [5.74, 6) is 0.627. The molecule has 0 fully saturated rings. The second-order valence-electron chi connectivity index (χ2n) is 8.14. The van der Waals surface area contributed by atoms with E-state index in [4.69, 9.17) is 19.9 Å². The number of carbonyl (C=O) groups excluding carboxylic acids is 1. The molecule has 7 nitrogen and oxygen atoms in total. The third-order valence-electron chi connectivity index (χ3n) is 5.57. The van der Waals surface area contributed by atoms with E-state index < -0.39 is 0 Å². The van der Waals surface area contributed by atoms with Crippen LogP contribution in [0.2, 0.25) is 0 Å². The molecule has 0 aliphatic heterocycles. The summed E-state index contributed by atoms with van der Waals surface area (Å²) in [6, 6.07) is 22.2. The Morgan fingerprint density at radius 1 is 1.03 bits per heavy atom. The van der Waals surface area contributed by atoms with E-state index >= 15 is 0 Å². The number of rotatable bonds is 11. The number of hydrogen-bond acceptors (Lipinski definition) is 6. The zero-order valence-corrected chi connectivity index (χ0v) is 22.4. The monoisotopic (exact) mass is 520 g/mol. The standard InChI is InChI=1S/C29H33N3O4S/c1-4-25(27(30)26-14-6-5-9-21(26)19-35-16-15-34-3)29(31-2)36-23-12-7-10-20(17-23)28(33)32-22-11-8-13-24(37)18-22/h5-14,17-18,37H,4,15-16,19,30H2,1-3H3,(H,32,33)/p+1/b27-25-,31-29?. The van der Waals surface area contributed by atoms with E-state index in [0.717, 1.165) is 21.6 Å². The van der Waals surface area contributed by atoms with Gasteiger partial charge in [-0.15, -0.1) is 0 Å². The average molecular weight is 521 g/mol. The van der Waals surface area contributed by atoms with Gasteiger partial charge in [-0.1, -0.05) is 43.3 Å². The van der Waals surface area contributed by atoms with Gasteiger partial charge in [0.15, 0.2) is 4.90 Å². The van der Waals surface area contributed by atoms with Gasteiger partial charge in [-0.05, 0) is 54.9 Å². The summed E-state index contributed by atoms with van der Waals surface area (Å²) in [5, 5.41) is 2.89.